The highest BCUT2D eigenvalue weighted by atomic mass is 19.1. The van der Waals surface area contributed by atoms with Crippen LogP contribution in [0.25, 0.3) is 0 Å². The van der Waals surface area contributed by atoms with Gasteiger partial charge in [-0.2, -0.15) is 4.98 Å². The van der Waals surface area contributed by atoms with Crippen LogP contribution in [-0.2, 0) is 5.41 Å². The number of hydrogen-bond donors (Lipinski definition) is 2. The fourth-order valence-corrected chi connectivity index (χ4v) is 2.53. The quantitative estimate of drug-likeness (QED) is 0.904. The molecule has 2 aromatic rings. The highest BCUT2D eigenvalue weighted by Gasteiger charge is 2.33. The summed E-state index contributed by atoms with van der Waals surface area (Å²) in [6, 6.07) is 6.19. The number of aliphatic hydroxyl groups excluding tert-OH is 1. The molecule has 1 aliphatic heterocycles. The Morgan fingerprint density at radius 1 is 1.33 bits per heavy atom. The number of aliphatic hydroxyl groups is 1. The maximum absolute atomic E-state index is 13.0. The first-order valence-corrected chi connectivity index (χ1v) is 6.98. The highest BCUT2D eigenvalue weighted by molar-refractivity contribution is 5.30. The Morgan fingerprint density at radius 3 is 2.67 bits per heavy atom. The third kappa shape index (κ3) is 2.69. The normalized spacial score (nSPS) is 22.7. The zero-order chi connectivity index (χ0) is 15.0. The molecule has 0 bridgehead atoms. The van der Waals surface area contributed by atoms with Gasteiger partial charge in [0.2, 0.25) is 5.89 Å². The number of nitrogens with one attached hydrogen (secondary N) is 1. The van der Waals surface area contributed by atoms with Crippen molar-refractivity contribution >= 4 is 0 Å². The Hall–Kier alpha value is -1.79. The van der Waals surface area contributed by atoms with Crippen LogP contribution in [0.2, 0.25) is 0 Å². The average Bonchev–Trinajstić information content (AvgIpc) is 3.08. The zero-order valence-electron chi connectivity index (χ0n) is 12.0. The molecule has 2 N–H and O–H groups in total. The van der Waals surface area contributed by atoms with Gasteiger partial charge in [0.05, 0.1) is 17.6 Å². The average molecular weight is 291 g/mol. The second-order valence-corrected chi connectivity index (χ2v) is 5.94. The molecule has 1 aromatic carbocycles. The topological polar surface area (TPSA) is 71.2 Å². The first kappa shape index (κ1) is 14.2. The number of β-amino-alcohol motifs (C(OH)–C–C–N with tert-alkyl or cyclic N) is 1. The number of rotatable bonds is 3. The van der Waals surface area contributed by atoms with Crippen LogP contribution in [0.3, 0.4) is 0 Å². The van der Waals surface area contributed by atoms with E-state index in [1.165, 1.54) is 12.1 Å². The molecule has 0 radical (unpaired) electrons. The fraction of sp³-hybridized carbons (Fsp3) is 0.467. The predicted octanol–water partition coefficient (Wildman–Crippen LogP) is 1.93. The fourth-order valence-electron chi connectivity index (χ4n) is 2.53. The van der Waals surface area contributed by atoms with E-state index < -0.39 is 5.41 Å². The monoisotopic (exact) mass is 291 g/mol. The molecule has 5 nitrogen and oxygen atoms in total. The van der Waals surface area contributed by atoms with Gasteiger partial charge in [-0.1, -0.05) is 17.3 Å². The maximum Gasteiger partial charge on any atom is 0.243 e. The number of halogens is 1. The molecule has 112 valence electrons. The molecule has 1 saturated heterocycles. The minimum absolute atomic E-state index is 0.106. The molecule has 1 fully saturated rings. The van der Waals surface area contributed by atoms with E-state index in [1.54, 1.807) is 12.1 Å². The lowest BCUT2D eigenvalue weighted by Gasteiger charge is -2.20. The SMILES string of the molecule is CC(C)(c1ccc(F)cc1)c1noc([C@H]2C[C@@H](O)CN2)n1. The van der Waals surface area contributed by atoms with Crippen LogP contribution >= 0.6 is 0 Å². The van der Waals surface area contributed by atoms with Gasteiger partial charge in [0.15, 0.2) is 5.82 Å². The van der Waals surface area contributed by atoms with Crippen LogP contribution in [0, 0.1) is 5.82 Å². The summed E-state index contributed by atoms with van der Waals surface area (Å²) in [5.41, 5.74) is 0.433. The Morgan fingerprint density at radius 2 is 2.05 bits per heavy atom. The lowest BCUT2D eigenvalue weighted by Crippen LogP contribution is -2.21. The molecule has 0 unspecified atom stereocenters. The van der Waals surface area contributed by atoms with Gasteiger partial charge in [-0.3, -0.25) is 0 Å². The van der Waals surface area contributed by atoms with E-state index in [1.807, 2.05) is 13.8 Å². The molecule has 2 heterocycles. The van der Waals surface area contributed by atoms with Crippen LogP contribution in [-0.4, -0.2) is 27.9 Å². The van der Waals surface area contributed by atoms with Crippen molar-refractivity contribution < 1.29 is 14.0 Å². The molecule has 0 saturated carbocycles. The van der Waals surface area contributed by atoms with Crippen molar-refractivity contribution in [3.05, 3.63) is 47.4 Å². The Bertz CT molecular complexity index is 624. The second kappa shape index (κ2) is 5.20. The van der Waals surface area contributed by atoms with Gasteiger partial charge in [-0.05, 0) is 38.0 Å². The summed E-state index contributed by atoms with van der Waals surface area (Å²) in [5.74, 6) is 0.761. The van der Waals surface area contributed by atoms with Gasteiger partial charge < -0.3 is 14.9 Å². The molecule has 6 heteroatoms. The minimum atomic E-state index is -0.479. The Labute approximate surface area is 122 Å². The highest BCUT2D eigenvalue weighted by Crippen LogP contribution is 2.31. The molecule has 1 aliphatic rings. The van der Waals surface area contributed by atoms with E-state index in [0.29, 0.717) is 24.7 Å². The number of hydrogen-bond acceptors (Lipinski definition) is 5. The van der Waals surface area contributed by atoms with Crippen molar-refractivity contribution in [3.8, 4) is 0 Å². The van der Waals surface area contributed by atoms with Crippen LogP contribution in [0.4, 0.5) is 4.39 Å². The van der Waals surface area contributed by atoms with Crippen molar-refractivity contribution in [1.82, 2.24) is 15.5 Å². The van der Waals surface area contributed by atoms with Crippen molar-refractivity contribution in [2.24, 2.45) is 0 Å². The van der Waals surface area contributed by atoms with Crippen LogP contribution < -0.4 is 5.32 Å². The lowest BCUT2D eigenvalue weighted by molar-refractivity contribution is 0.191. The Balaban J connectivity index is 1.86. The molecule has 0 aliphatic carbocycles. The minimum Gasteiger partial charge on any atom is -0.392 e. The van der Waals surface area contributed by atoms with Gasteiger partial charge in [-0.25, -0.2) is 4.39 Å². The van der Waals surface area contributed by atoms with Gasteiger partial charge in [0, 0.05) is 6.54 Å². The first-order valence-electron chi connectivity index (χ1n) is 6.98. The second-order valence-electron chi connectivity index (χ2n) is 5.94. The first-order chi connectivity index (χ1) is 9.96. The summed E-state index contributed by atoms with van der Waals surface area (Å²) in [5, 5.41) is 16.7. The smallest absolute Gasteiger partial charge is 0.243 e. The number of benzene rings is 1. The molecule has 0 spiro atoms. The third-order valence-corrected chi connectivity index (χ3v) is 3.97. The van der Waals surface area contributed by atoms with Crippen molar-refractivity contribution in [3.63, 3.8) is 0 Å². The number of aromatic nitrogens is 2. The van der Waals surface area contributed by atoms with E-state index in [2.05, 4.69) is 15.5 Å². The summed E-state index contributed by atoms with van der Waals surface area (Å²) in [4.78, 5) is 4.45. The standard InChI is InChI=1S/C15H18FN3O2/c1-15(2,9-3-5-10(16)6-4-9)14-18-13(21-19-14)12-7-11(20)8-17-12/h3-6,11-12,17,20H,7-8H2,1-2H3/t11-,12-/m1/s1. The van der Waals surface area contributed by atoms with Crippen LogP contribution in [0.5, 0.6) is 0 Å². The van der Waals surface area contributed by atoms with Gasteiger partial charge in [0.1, 0.15) is 5.82 Å². The van der Waals surface area contributed by atoms with Crippen LogP contribution in [0.1, 0.15) is 43.6 Å². The molecule has 3 rings (SSSR count). The summed E-state index contributed by atoms with van der Waals surface area (Å²) in [6.07, 6.45) is 0.189. The predicted molar refractivity (Wildman–Crippen MR) is 74.2 cm³/mol. The molecule has 21 heavy (non-hydrogen) atoms. The molecular weight excluding hydrogens is 273 g/mol. The van der Waals surface area contributed by atoms with E-state index in [4.69, 9.17) is 4.52 Å². The summed E-state index contributed by atoms with van der Waals surface area (Å²) in [6.45, 7) is 4.46. The van der Waals surface area contributed by atoms with Crippen molar-refractivity contribution in [2.45, 2.75) is 37.8 Å². The molecule has 1 aromatic heterocycles. The summed E-state index contributed by atoms with van der Waals surface area (Å²) < 4.78 is 18.4. The van der Waals surface area contributed by atoms with E-state index in [0.717, 1.165) is 5.56 Å². The zero-order valence-corrected chi connectivity index (χ0v) is 12.0. The van der Waals surface area contributed by atoms with Crippen molar-refractivity contribution in [1.29, 1.82) is 0 Å². The Kier molecular flexibility index (Phi) is 3.51. The summed E-state index contributed by atoms with van der Waals surface area (Å²) >= 11 is 0. The van der Waals surface area contributed by atoms with Gasteiger partial charge in [0.25, 0.3) is 0 Å². The molecule has 0 amide bonds. The van der Waals surface area contributed by atoms with E-state index in [-0.39, 0.29) is 18.0 Å². The third-order valence-electron chi connectivity index (χ3n) is 3.97. The molecule has 2 atom stereocenters. The summed E-state index contributed by atoms with van der Waals surface area (Å²) in [7, 11) is 0. The van der Waals surface area contributed by atoms with Crippen LogP contribution in [0.15, 0.2) is 28.8 Å². The van der Waals surface area contributed by atoms with Gasteiger partial charge >= 0.3 is 0 Å². The molecular formula is C15H18FN3O2. The maximum atomic E-state index is 13.0. The van der Waals surface area contributed by atoms with E-state index >= 15 is 0 Å². The number of nitrogens with zero attached hydrogens (tertiary/aromatic N) is 2. The lowest BCUT2D eigenvalue weighted by atomic mass is 9.84. The largest absolute Gasteiger partial charge is 0.392 e. The van der Waals surface area contributed by atoms with E-state index in [9.17, 15) is 9.50 Å². The van der Waals surface area contributed by atoms with Crippen molar-refractivity contribution in [2.75, 3.05) is 6.54 Å². The van der Waals surface area contributed by atoms with Gasteiger partial charge in [-0.15, -0.1) is 0 Å².